The lowest BCUT2D eigenvalue weighted by Crippen LogP contribution is -2.49. The van der Waals surface area contributed by atoms with Crippen molar-refractivity contribution in [1.82, 2.24) is 15.3 Å². The molecule has 1 heterocycles. The Hall–Kier alpha value is -3.46. The number of thiocarbonyl (C=S) groups is 1. The molecule has 1 atom stereocenters. The predicted molar refractivity (Wildman–Crippen MR) is 125 cm³/mol. The monoisotopic (exact) mass is 454 g/mol. The van der Waals surface area contributed by atoms with Crippen LogP contribution in [0.3, 0.4) is 0 Å². The number of hydrogen-bond acceptors (Lipinski definition) is 5. The topological polar surface area (TPSA) is 91.0 Å². The van der Waals surface area contributed by atoms with E-state index in [4.69, 9.17) is 17.0 Å². The average Bonchev–Trinajstić information content (AvgIpc) is 3.02. The molecule has 1 aliphatic rings. The Balaban J connectivity index is 1.68. The highest BCUT2D eigenvalue weighted by molar-refractivity contribution is 7.80. The van der Waals surface area contributed by atoms with Gasteiger partial charge >= 0.3 is 0 Å². The highest BCUT2D eigenvalue weighted by atomic mass is 32.1. The first-order valence-electron chi connectivity index (χ1n) is 10.5. The molecule has 3 amide bonds. The SMILES string of the molecule is CCCOc1ccc(NC(=O)C[C@H]2C(=O)N(CC)C(=S)N2NC(=O)c2ccccc2)cc1. The second kappa shape index (κ2) is 10.7. The minimum atomic E-state index is -0.928. The second-order valence-electron chi connectivity index (χ2n) is 7.18. The number of nitrogens with one attached hydrogen (secondary N) is 2. The largest absolute Gasteiger partial charge is 0.494 e. The van der Waals surface area contributed by atoms with E-state index in [-0.39, 0.29) is 23.3 Å². The van der Waals surface area contributed by atoms with E-state index in [0.29, 0.717) is 24.4 Å². The number of likely N-dealkylation sites (N-methyl/N-ethyl adjacent to an activating group) is 1. The van der Waals surface area contributed by atoms with E-state index in [1.54, 1.807) is 61.5 Å². The molecule has 0 spiro atoms. The molecule has 0 bridgehead atoms. The summed E-state index contributed by atoms with van der Waals surface area (Å²) in [5.41, 5.74) is 3.69. The third kappa shape index (κ3) is 5.42. The Labute approximate surface area is 192 Å². The first kappa shape index (κ1) is 23.2. The maximum absolute atomic E-state index is 12.9. The van der Waals surface area contributed by atoms with Crippen LogP contribution in [0.1, 0.15) is 37.0 Å². The van der Waals surface area contributed by atoms with Crippen LogP contribution >= 0.6 is 12.2 Å². The molecule has 0 unspecified atom stereocenters. The average molecular weight is 455 g/mol. The molecule has 3 rings (SSSR count). The molecule has 2 aromatic carbocycles. The van der Waals surface area contributed by atoms with E-state index in [1.165, 1.54) is 9.91 Å². The third-order valence-electron chi connectivity index (χ3n) is 4.86. The van der Waals surface area contributed by atoms with Gasteiger partial charge in [0.05, 0.1) is 13.0 Å². The lowest BCUT2D eigenvalue weighted by atomic mass is 10.1. The van der Waals surface area contributed by atoms with Crippen molar-refractivity contribution in [2.45, 2.75) is 32.7 Å². The fourth-order valence-electron chi connectivity index (χ4n) is 3.25. The smallest absolute Gasteiger partial charge is 0.269 e. The molecule has 32 heavy (non-hydrogen) atoms. The Morgan fingerprint density at radius 1 is 1.06 bits per heavy atom. The number of amides is 3. The molecule has 0 radical (unpaired) electrons. The van der Waals surface area contributed by atoms with E-state index < -0.39 is 11.9 Å². The van der Waals surface area contributed by atoms with Crippen molar-refractivity contribution in [2.24, 2.45) is 0 Å². The van der Waals surface area contributed by atoms with Gasteiger partial charge in [0.1, 0.15) is 11.8 Å². The van der Waals surface area contributed by atoms with Crippen LogP contribution in [0, 0.1) is 0 Å². The van der Waals surface area contributed by atoms with Gasteiger partial charge in [0, 0.05) is 17.8 Å². The Morgan fingerprint density at radius 3 is 2.38 bits per heavy atom. The van der Waals surface area contributed by atoms with Crippen molar-refractivity contribution < 1.29 is 19.1 Å². The zero-order valence-electron chi connectivity index (χ0n) is 18.0. The Bertz CT molecular complexity index is 981. The second-order valence-corrected chi connectivity index (χ2v) is 7.55. The Morgan fingerprint density at radius 2 is 1.75 bits per heavy atom. The number of carbonyl (C=O) groups excluding carboxylic acids is 3. The standard InChI is InChI=1S/C23H26N4O4S/c1-3-14-31-18-12-10-17(11-13-18)24-20(28)15-19-22(30)26(4-2)23(32)27(19)25-21(29)16-8-6-5-7-9-16/h5-13,19H,3-4,14-15H2,1-2H3,(H,24,28)(H,25,29)/t19-/m0/s1. The van der Waals surface area contributed by atoms with Crippen molar-refractivity contribution in [2.75, 3.05) is 18.5 Å². The van der Waals surface area contributed by atoms with Crippen molar-refractivity contribution >= 4 is 40.7 Å². The summed E-state index contributed by atoms with van der Waals surface area (Å²) in [6.07, 6.45) is 0.737. The molecule has 8 nitrogen and oxygen atoms in total. The van der Waals surface area contributed by atoms with Gasteiger partial charge in [-0.3, -0.25) is 24.7 Å². The van der Waals surface area contributed by atoms with Gasteiger partial charge < -0.3 is 10.1 Å². The van der Waals surface area contributed by atoms with Gasteiger partial charge in [-0.2, -0.15) is 0 Å². The zero-order chi connectivity index (χ0) is 23.1. The van der Waals surface area contributed by atoms with Crippen molar-refractivity contribution in [1.29, 1.82) is 0 Å². The molecular formula is C23H26N4O4S. The molecule has 0 saturated carbocycles. The predicted octanol–water partition coefficient (Wildman–Crippen LogP) is 2.97. The van der Waals surface area contributed by atoms with Gasteiger partial charge in [-0.05, 0) is 62.0 Å². The molecule has 1 aliphatic heterocycles. The van der Waals surface area contributed by atoms with Crippen molar-refractivity contribution in [3.05, 3.63) is 60.2 Å². The molecule has 2 aromatic rings. The lowest BCUT2D eigenvalue weighted by molar-refractivity contribution is -0.130. The van der Waals surface area contributed by atoms with Crippen LogP contribution in [0.5, 0.6) is 5.75 Å². The molecule has 0 aromatic heterocycles. The lowest BCUT2D eigenvalue weighted by Gasteiger charge is -2.24. The summed E-state index contributed by atoms with van der Waals surface area (Å²) in [4.78, 5) is 39.5. The molecule has 0 aliphatic carbocycles. The van der Waals surface area contributed by atoms with Gasteiger partial charge in [-0.1, -0.05) is 25.1 Å². The maximum Gasteiger partial charge on any atom is 0.269 e. The van der Waals surface area contributed by atoms with Crippen LogP contribution in [-0.4, -0.2) is 51.9 Å². The molecule has 2 N–H and O–H groups in total. The first-order valence-corrected chi connectivity index (χ1v) is 10.9. The number of nitrogens with zero attached hydrogens (tertiary/aromatic N) is 2. The van der Waals surface area contributed by atoms with Gasteiger partial charge in [0.2, 0.25) is 5.91 Å². The van der Waals surface area contributed by atoms with E-state index >= 15 is 0 Å². The van der Waals surface area contributed by atoms with Crippen LogP contribution in [0.2, 0.25) is 0 Å². The molecule has 1 fully saturated rings. The van der Waals surface area contributed by atoms with Crippen LogP contribution in [0.15, 0.2) is 54.6 Å². The Kier molecular flexibility index (Phi) is 7.77. The fourth-order valence-corrected chi connectivity index (χ4v) is 3.64. The summed E-state index contributed by atoms with van der Waals surface area (Å²) >= 11 is 5.39. The van der Waals surface area contributed by atoms with E-state index in [1.807, 2.05) is 6.92 Å². The maximum atomic E-state index is 12.9. The first-order chi connectivity index (χ1) is 15.4. The molecule has 1 saturated heterocycles. The summed E-state index contributed by atoms with van der Waals surface area (Å²) < 4.78 is 5.54. The van der Waals surface area contributed by atoms with Crippen LogP contribution in [0.4, 0.5) is 5.69 Å². The number of ether oxygens (including phenoxy) is 1. The fraction of sp³-hybridized carbons (Fsp3) is 0.304. The molecular weight excluding hydrogens is 428 g/mol. The number of rotatable bonds is 9. The number of benzene rings is 2. The van der Waals surface area contributed by atoms with E-state index in [2.05, 4.69) is 10.7 Å². The van der Waals surface area contributed by atoms with Gasteiger partial charge in [0.25, 0.3) is 11.8 Å². The summed E-state index contributed by atoms with van der Waals surface area (Å²) in [6.45, 7) is 4.77. The highest BCUT2D eigenvalue weighted by Crippen LogP contribution is 2.21. The summed E-state index contributed by atoms with van der Waals surface area (Å²) in [7, 11) is 0. The third-order valence-corrected chi connectivity index (χ3v) is 5.28. The number of hydrogen-bond donors (Lipinski definition) is 2. The van der Waals surface area contributed by atoms with Gasteiger partial charge in [-0.15, -0.1) is 0 Å². The van der Waals surface area contributed by atoms with Gasteiger partial charge in [0.15, 0.2) is 5.11 Å². The minimum absolute atomic E-state index is 0.164. The number of carbonyl (C=O) groups is 3. The van der Waals surface area contributed by atoms with E-state index in [9.17, 15) is 14.4 Å². The zero-order valence-corrected chi connectivity index (χ0v) is 18.9. The van der Waals surface area contributed by atoms with E-state index in [0.717, 1.165) is 12.2 Å². The van der Waals surface area contributed by atoms with Crippen LogP contribution in [0.25, 0.3) is 0 Å². The molecule has 9 heteroatoms. The highest BCUT2D eigenvalue weighted by Gasteiger charge is 2.43. The van der Waals surface area contributed by atoms with Crippen molar-refractivity contribution in [3.8, 4) is 5.75 Å². The van der Waals surface area contributed by atoms with Crippen LogP contribution in [-0.2, 0) is 9.59 Å². The normalized spacial score (nSPS) is 15.6. The number of anilines is 1. The summed E-state index contributed by atoms with van der Waals surface area (Å²) in [6, 6.07) is 14.7. The van der Waals surface area contributed by atoms with Gasteiger partial charge in [-0.25, -0.2) is 5.01 Å². The summed E-state index contributed by atoms with van der Waals surface area (Å²) in [5.74, 6) is -0.393. The van der Waals surface area contributed by atoms with Crippen LogP contribution < -0.4 is 15.5 Å². The molecule has 168 valence electrons. The summed E-state index contributed by atoms with van der Waals surface area (Å²) in [5, 5.41) is 4.25. The minimum Gasteiger partial charge on any atom is -0.494 e. The number of hydrazine groups is 1. The quantitative estimate of drug-likeness (QED) is 0.566. The van der Waals surface area contributed by atoms with Crippen molar-refractivity contribution in [3.63, 3.8) is 0 Å².